The number of quaternary nitrogens is 1. The predicted octanol–water partition coefficient (Wildman–Crippen LogP) is 2.73. The maximum Gasteiger partial charge on any atom is 0.147 e. The van der Waals surface area contributed by atoms with Crippen LogP contribution in [0.4, 0.5) is 11.5 Å². The molecule has 2 heterocycles. The summed E-state index contributed by atoms with van der Waals surface area (Å²) in [6, 6.07) is 13.5. The smallest absolute Gasteiger partial charge is 0.147 e. The highest BCUT2D eigenvalue weighted by atomic mass is 79.9. The quantitative estimate of drug-likeness (QED) is 0.455. The minimum Gasteiger partial charge on any atom is -1.00 e. The third kappa shape index (κ3) is 5.27. The van der Waals surface area contributed by atoms with Crippen molar-refractivity contribution in [2.75, 3.05) is 32.1 Å². The number of unbranched alkanes of at least 4 members (excludes halogenated alkanes) is 3. The molecule has 0 saturated heterocycles. The Labute approximate surface area is 179 Å². The fourth-order valence-electron chi connectivity index (χ4n) is 3.50. The van der Waals surface area contributed by atoms with Gasteiger partial charge in [0, 0.05) is 11.1 Å². The molecule has 0 amide bonds. The summed E-state index contributed by atoms with van der Waals surface area (Å²) in [7, 11) is 4.75. The molecule has 0 fully saturated rings. The third-order valence-corrected chi connectivity index (χ3v) is 6.71. The molecule has 1 aliphatic heterocycles. The number of anilines is 2. The first-order valence-electron chi connectivity index (χ1n) is 9.85. The second-order valence-corrected chi connectivity index (χ2v) is 9.00. The summed E-state index contributed by atoms with van der Waals surface area (Å²) in [5, 5.41) is 0. The molecule has 0 saturated carbocycles. The van der Waals surface area contributed by atoms with Gasteiger partial charge in [0.2, 0.25) is 0 Å². The second kappa shape index (κ2) is 9.94. The zero-order chi connectivity index (χ0) is 18.6. The van der Waals surface area contributed by atoms with Gasteiger partial charge < -0.3 is 26.4 Å². The van der Waals surface area contributed by atoms with Crippen molar-refractivity contribution >= 4 is 23.3 Å². The van der Waals surface area contributed by atoms with Crippen LogP contribution < -0.4 is 21.9 Å². The Hall–Kier alpha value is -1.04. The maximum absolute atomic E-state index is 4.72. The average molecular weight is 450 g/mol. The van der Waals surface area contributed by atoms with Crippen molar-refractivity contribution in [3.63, 3.8) is 0 Å². The van der Waals surface area contributed by atoms with E-state index in [4.69, 9.17) is 4.98 Å². The summed E-state index contributed by atoms with van der Waals surface area (Å²) in [5.41, 5.74) is 1.29. The topological polar surface area (TPSA) is 16.1 Å². The highest BCUT2D eigenvalue weighted by Crippen LogP contribution is 2.46. The summed E-state index contributed by atoms with van der Waals surface area (Å²) >= 11 is 1.83. The summed E-state index contributed by atoms with van der Waals surface area (Å²) in [6.07, 6.45) is 7.22. The summed E-state index contributed by atoms with van der Waals surface area (Å²) in [5.74, 6) is 1.11. The number of para-hydroxylation sites is 1. The van der Waals surface area contributed by atoms with Crippen molar-refractivity contribution in [1.29, 1.82) is 0 Å². The fraction of sp³-hybridized carbons (Fsp3) is 0.500. The predicted molar refractivity (Wildman–Crippen MR) is 112 cm³/mol. The Morgan fingerprint density at radius 3 is 2.56 bits per heavy atom. The van der Waals surface area contributed by atoms with E-state index in [1.165, 1.54) is 47.7 Å². The van der Waals surface area contributed by atoms with Gasteiger partial charge in [-0.05, 0) is 44.0 Å². The van der Waals surface area contributed by atoms with Crippen molar-refractivity contribution < 1.29 is 21.5 Å². The van der Waals surface area contributed by atoms with Gasteiger partial charge in [-0.1, -0.05) is 43.7 Å². The first kappa shape index (κ1) is 22.3. The average Bonchev–Trinajstić information content (AvgIpc) is 2.65. The van der Waals surface area contributed by atoms with E-state index in [-0.39, 0.29) is 17.0 Å². The summed E-state index contributed by atoms with van der Waals surface area (Å²) < 4.78 is 1.05. The molecule has 5 heteroatoms. The van der Waals surface area contributed by atoms with Gasteiger partial charge >= 0.3 is 0 Å². The Kier molecular flexibility index (Phi) is 8.20. The first-order chi connectivity index (χ1) is 12.5. The van der Waals surface area contributed by atoms with Crippen LogP contribution in [0.25, 0.3) is 0 Å². The van der Waals surface area contributed by atoms with Gasteiger partial charge in [0.1, 0.15) is 11.9 Å². The molecule has 2 aromatic rings. The van der Waals surface area contributed by atoms with Crippen LogP contribution in [0, 0.1) is 0 Å². The van der Waals surface area contributed by atoms with Crippen molar-refractivity contribution in [2.45, 2.75) is 55.4 Å². The molecule has 3 rings (SSSR count). The zero-order valence-corrected chi connectivity index (χ0v) is 19.4. The number of nitrogens with zero attached hydrogens (tertiary/aromatic N) is 3. The zero-order valence-electron chi connectivity index (χ0n) is 17.0. The number of likely N-dealkylation sites (N-methyl/N-ethyl adjacent to an activating group) is 1. The lowest BCUT2D eigenvalue weighted by Gasteiger charge is -2.40. The number of aromatic nitrogens is 1. The Bertz CT molecular complexity index is 690. The highest BCUT2D eigenvalue weighted by molar-refractivity contribution is 7.99. The van der Waals surface area contributed by atoms with Gasteiger partial charge in [-0.15, -0.1) is 0 Å². The second-order valence-electron chi connectivity index (χ2n) is 7.92. The largest absolute Gasteiger partial charge is 1.00 e. The molecule has 3 nitrogen and oxygen atoms in total. The molecule has 148 valence electrons. The van der Waals surface area contributed by atoms with E-state index in [9.17, 15) is 0 Å². The fourth-order valence-corrected chi connectivity index (χ4v) is 4.57. The molecule has 1 aliphatic rings. The Morgan fingerprint density at radius 2 is 1.78 bits per heavy atom. The number of pyridine rings is 1. The molecule has 0 spiro atoms. The Morgan fingerprint density at radius 1 is 1.04 bits per heavy atom. The highest BCUT2D eigenvalue weighted by Gasteiger charge is 2.31. The van der Waals surface area contributed by atoms with Crippen molar-refractivity contribution in [2.24, 2.45) is 0 Å². The molecule has 0 N–H and O–H groups in total. The van der Waals surface area contributed by atoms with Crippen LogP contribution >= 0.6 is 11.8 Å². The van der Waals surface area contributed by atoms with Crippen LogP contribution in [-0.4, -0.2) is 42.7 Å². The number of halogens is 1. The van der Waals surface area contributed by atoms with Gasteiger partial charge in [0.25, 0.3) is 0 Å². The van der Waals surface area contributed by atoms with Gasteiger partial charge in [0.15, 0.2) is 0 Å². The summed E-state index contributed by atoms with van der Waals surface area (Å²) in [6.45, 7) is 6.88. The molecular weight excluding hydrogens is 418 g/mol. The van der Waals surface area contributed by atoms with Crippen molar-refractivity contribution in [3.05, 3.63) is 42.6 Å². The lowest BCUT2D eigenvalue weighted by molar-refractivity contribution is -0.911. The molecule has 1 aromatic carbocycles. The van der Waals surface area contributed by atoms with E-state index in [1.54, 1.807) is 0 Å². The van der Waals surface area contributed by atoms with Gasteiger partial charge in [-0.2, -0.15) is 0 Å². The lowest BCUT2D eigenvalue weighted by Crippen LogP contribution is -3.00. The van der Waals surface area contributed by atoms with Crippen LogP contribution in [0.3, 0.4) is 0 Å². The molecular formula is C22H32BrN3S. The van der Waals surface area contributed by atoms with Crippen LogP contribution in [0.2, 0.25) is 0 Å². The van der Waals surface area contributed by atoms with Crippen LogP contribution in [0.15, 0.2) is 52.4 Å². The molecule has 0 radical (unpaired) electrons. The van der Waals surface area contributed by atoms with E-state index in [2.05, 4.69) is 63.2 Å². The van der Waals surface area contributed by atoms with E-state index in [1.807, 2.05) is 24.0 Å². The standard InChI is InChI=1S/C22H32N3S.BrH/c1-5-6-7-10-16-25(3,4)18(2)17-24-19-12-8-9-13-20(19)26-21-14-11-15-23-22(21)24;/h8-9,11-15,18H,5-7,10,16-17H2,1-4H3;1H/q+1;/p-1. The van der Waals surface area contributed by atoms with Crippen LogP contribution in [0.5, 0.6) is 0 Å². The molecule has 1 atom stereocenters. The SMILES string of the molecule is CCCCCC[N+](C)(C)C(C)CN1c2ccccc2Sc2cccnc21.[Br-]. The number of rotatable bonds is 8. The van der Waals surface area contributed by atoms with Crippen molar-refractivity contribution in [3.8, 4) is 0 Å². The maximum atomic E-state index is 4.72. The van der Waals surface area contributed by atoms with E-state index >= 15 is 0 Å². The minimum atomic E-state index is 0. The molecule has 1 unspecified atom stereocenters. The van der Waals surface area contributed by atoms with Crippen LogP contribution in [0.1, 0.15) is 39.5 Å². The normalized spacial score (nSPS) is 14.1. The van der Waals surface area contributed by atoms with E-state index in [0.717, 1.165) is 16.8 Å². The first-order valence-corrected chi connectivity index (χ1v) is 10.7. The monoisotopic (exact) mass is 449 g/mol. The molecule has 0 aliphatic carbocycles. The molecule has 27 heavy (non-hydrogen) atoms. The molecule has 0 bridgehead atoms. The lowest BCUT2D eigenvalue weighted by atomic mass is 10.1. The van der Waals surface area contributed by atoms with E-state index in [0.29, 0.717) is 6.04 Å². The number of hydrogen-bond donors (Lipinski definition) is 0. The van der Waals surface area contributed by atoms with Gasteiger partial charge in [0.05, 0.1) is 37.8 Å². The van der Waals surface area contributed by atoms with Gasteiger partial charge in [-0.25, -0.2) is 4.98 Å². The number of hydrogen-bond acceptors (Lipinski definition) is 3. The van der Waals surface area contributed by atoms with E-state index < -0.39 is 0 Å². The van der Waals surface area contributed by atoms with Crippen molar-refractivity contribution in [1.82, 2.24) is 4.98 Å². The van der Waals surface area contributed by atoms with Gasteiger partial charge in [-0.3, -0.25) is 0 Å². The Balaban J connectivity index is 0.00000261. The van der Waals surface area contributed by atoms with Crippen LogP contribution in [-0.2, 0) is 0 Å². The third-order valence-electron chi connectivity index (χ3n) is 5.61. The minimum absolute atomic E-state index is 0. The molecule has 1 aromatic heterocycles. The number of fused-ring (bicyclic) bond motifs is 2. The number of benzene rings is 1. The summed E-state index contributed by atoms with van der Waals surface area (Å²) in [4.78, 5) is 9.73.